The number of aryl methyl sites for hydroxylation is 2. The molecule has 1 amide bonds. The first kappa shape index (κ1) is 21.8. The highest BCUT2D eigenvalue weighted by Gasteiger charge is 2.26. The number of hydrogen-bond acceptors (Lipinski definition) is 7. The summed E-state index contributed by atoms with van der Waals surface area (Å²) in [5, 5.41) is 0. The number of hydrogen-bond donors (Lipinski definition) is 0. The molecule has 0 atom stereocenters. The lowest BCUT2D eigenvalue weighted by atomic mass is 10.2. The van der Waals surface area contributed by atoms with Gasteiger partial charge >= 0.3 is 5.69 Å². The maximum absolute atomic E-state index is 13.3. The summed E-state index contributed by atoms with van der Waals surface area (Å²) in [6, 6.07) is 7.65. The highest BCUT2D eigenvalue weighted by atomic mass is 16.2. The molecule has 1 aliphatic rings. The topological polar surface area (TPSA) is 111 Å². The summed E-state index contributed by atoms with van der Waals surface area (Å²) >= 11 is 0. The summed E-state index contributed by atoms with van der Waals surface area (Å²) < 4.78 is 4.13. The fraction of sp³-hybridized carbons (Fsp3) is 0.391. The molecule has 176 valence electrons. The Morgan fingerprint density at radius 1 is 0.971 bits per heavy atom. The van der Waals surface area contributed by atoms with Gasteiger partial charge in [0, 0.05) is 47.2 Å². The second kappa shape index (κ2) is 8.40. The summed E-state index contributed by atoms with van der Waals surface area (Å²) in [4.78, 5) is 55.6. The molecule has 0 fully saturated rings. The van der Waals surface area contributed by atoms with Crippen LogP contribution in [0.1, 0.15) is 19.3 Å². The Morgan fingerprint density at radius 2 is 1.68 bits per heavy atom. The van der Waals surface area contributed by atoms with Crippen LogP contribution in [0.5, 0.6) is 0 Å². The average molecular weight is 463 g/mol. The van der Waals surface area contributed by atoms with Crippen molar-refractivity contribution in [3.05, 3.63) is 51.4 Å². The van der Waals surface area contributed by atoms with Gasteiger partial charge in [0.05, 0.1) is 17.4 Å². The molecule has 11 heteroatoms. The van der Waals surface area contributed by atoms with E-state index in [-0.39, 0.29) is 12.3 Å². The van der Waals surface area contributed by atoms with Crippen molar-refractivity contribution < 1.29 is 4.79 Å². The first-order chi connectivity index (χ1) is 16.4. The van der Waals surface area contributed by atoms with Gasteiger partial charge in [-0.15, -0.1) is 0 Å². The van der Waals surface area contributed by atoms with Gasteiger partial charge in [0.1, 0.15) is 0 Å². The largest absolute Gasteiger partial charge is 0.357 e. The molecular weight excluding hydrogens is 436 g/mol. The van der Waals surface area contributed by atoms with Crippen LogP contribution in [-0.2, 0) is 25.4 Å². The molecule has 0 radical (unpaired) electrons. The number of anilines is 2. The van der Waals surface area contributed by atoms with E-state index in [1.807, 2.05) is 36.2 Å². The molecule has 4 heterocycles. The molecule has 0 aliphatic carbocycles. The molecule has 4 aromatic rings. The molecule has 1 aliphatic heterocycles. The Kier molecular flexibility index (Phi) is 5.39. The van der Waals surface area contributed by atoms with Crippen LogP contribution in [0.2, 0.25) is 0 Å². The molecule has 0 bridgehead atoms. The molecule has 0 spiro atoms. The van der Waals surface area contributed by atoms with Gasteiger partial charge in [-0.2, -0.15) is 0 Å². The zero-order valence-corrected chi connectivity index (χ0v) is 19.4. The molecule has 0 N–H and O–H groups in total. The number of carbonyl (C=O) groups is 1. The molecule has 3 aromatic heterocycles. The summed E-state index contributed by atoms with van der Waals surface area (Å²) in [6.45, 7) is 1.78. The van der Waals surface area contributed by atoms with Crippen molar-refractivity contribution in [3.63, 3.8) is 0 Å². The second-order valence-electron chi connectivity index (χ2n) is 8.60. The lowest BCUT2D eigenvalue weighted by Gasteiger charge is -2.23. The predicted molar refractivity (Wildman–Crippen MR) is 129 cm³/mol. The third kappa shape index (κ3) is 3.53. The van der Waals surface area contributed by atoms with E-state index in [1.54, 1.807) is 22.8 Å². The van der Waals surface area contributed by atoms with Crippen LogP contribution in [0, 0.1) is 0 Å². The quantitative estimate of drug-likeness (QED) is 0.445. The minimum atomic E-state index is -0.420. The average Bonchev–Trinajstić information content (AvgIpc) is 3.19. The van der Waals surface area contributed by atoms with E-state index in [4.69, 9.17) is 9.97 Å². The van der Waals surface area contributed by atoms with Crippen molar-refractivity contribution in [2.75, 3.05) is 29.9 Å². The van der Waals surface area contributed by atoms with Crippen LogP contribution in [0.15, 0.2) is 40.2 Å². The Morgan fingerprint density at radius 3 is 2.41 bits per heavy atom. The minimum absolute atomic E-state index is 0.0362. The molecular formula is C23H26N8O3. The summed E-state index contributed by atoms with van der Waals surface area (Å²) in [7, 11) is 5.00. The van der Waals surface area contributed by atoms with Crippen LogP contribution in [0.3, 0.4) is 0 Å². The van der Waals surface area contributed by atoms with E-state index in [1.165, 1.54) is 11.6 Å². The van der Waals surface area contributed by atoms with Gasteiger partial charge in [-0.05, 0) is 25.0 Å². The molecule has 0 saturated heterocycles. The Hall–Kier alpha value is -4.02. The summed E-state index contributed by atoms with van der Waals surface area (Å²) in [5.74, 6) is 1.25. The van der Waals surface area contributed by atoms with Crippen molar-refractivity contribution in [1.29, 1.82) is 0 Å². The van der Waals surface area contributed by atoms with E-state index in [2.05, 4.69) is 4.98 Å². The lowest BCUT2D eigenvalue weighted by molar-refractivity contribution is -0.118. The van der Waals surface area contributed by atoms with Crippen molar-refractivity contribution >= 4 is 39.7 Å². The molecule has 34 heavy (non-hydrogen) atoms. The maximum Gasteiger partial charge on any atom is 0.332 e. The molecule has 0 unspecified atom stereocenters. The van der Waals surface area contributed by atoms with E-state index in [9.17, 15) is 14.4 Å². The van der Waals surface area contributed by atoms with Gasteiger partial charge in [-0.25, -0.2) is 19.7 Å². The van der Waals surface area contributed by atoms with Gasteiger partial charge in [-0.1, -0.05) is 12.1 Å². The molecule has 5 rings (SSSR count). The maximum atomic E-state index is 13.3. The Labute approximate surface area is 194 Å². The standard InChI is InChI=1S/C23H26N8O3/c1-27-11-7-13-31(21-20(27)25-15-8-4-5-9-16(15)26-21)17(32)10-6-12-30-14-24-19-18(30)22(33)29(3)23(34)28(19)2/h4-5,8-9,14H,6-7,10-13H2,1-3H3. The van der Waals surface area contributed by atoms with E-state index in [0.29, 0.717) is 42.3 Å². The van der Waals surface area contributed by atoms with Gasteiger partial charge in [-0.3, -0.25) is 23.6 Å². The Bertz CT molecular complexity index is 1530. The molecule has 0 saturated carbocycles. The van der Waals surface area contributed by atoms with Gasteiger partial charge in [0.15, 0.2) is 22.8 Å². The monoisotopic (exact) mass is 462 g/mol. The fourth-order valence-electron chi connectivity index (χ4n) is 4.44. The number of rotatable bonds is 4. The van der Waals surface area contributed by atoms with Gasteiger partial charge < -0.3 is 9.47 Å². The van der Waals surface area contributed by atoms with Crippen LogP contribution >= 0.6 is 0 Å². The van der Waals surface area contributed by atoms with Gasteiger partial charge in [0.2, 0.25) is 5.91 Å². The van der Waals surface area contributed by atoms with Crippen LogP contribution in [0.4, 0.5) is 11.6 Å². The second-order valence-corrected chi connectivity index (χ2v) is 8.60. The number of fused-ring (bicyclic) bond motifs is 3. The number of carbonyl (C=O) groups excluding carboxylic acids is 1. The number of benzene rings is 1. The highest BCUT2D eigenvalue weighted by Crippen LogP contribution is 2.30. The molecule has 1 aromatic carbocycles. The van der Waals surface area contributed by atoms with Crippen molar-refractivity contribution in [1.82, 2.24) is 28.7 Å². The zero-order chi connectivity index (χ0) is 24.0. The lowest BCUT2D eigenvalue weighted by Crippen LogP contribution is -2.37. The molecule has 11 nitrogen and oxygen atoms in total. The minimum Gasteiger partial charge on any atom is -0.357 e. The summed E-state index contributed by atoms with van der Waals surface area (Å²) in [6.07, 6.45) is 3.15. The Balaban J connectivity index is 1.39. The van der Waals surface area contributed by atoms with Crippen LogP contribution in [-0.4, -0.2) is 54.7 Å². The summed E-state index contributed by atoms with van der Waals surface area (Å²) in [5.41, 5.74) is 1.43. The van der Waals surface area contributed by atoms with Crippen LogP contribution in [0.25, 0.3) is 22.2 Å². The highest BCUT2D eigenvalue weighted by molar-refractivity contribution is 5.96. The third-order valence-corrected chi connectivity index (χ3v) is 6.33. The zero-order valence-electron chi connectivity index (χ0n) is 19.4. The van der Waals surface area contributed by atoms with E-state index < -0.39 is 11.2 Å². The van der Waals surface area contributed by atoms with Crippen LogP contribution < -0.4 is 21.0 Å². The normalized spacial score (nSPS) is 14.0. The van der Waals surface area contributed by atoms with E-state index >= 15 is 0 Å². The van der Waals surface area contributed by atoms with Crippen molar-refractivity contribution in [3.8, 4) is 0 Å². The number of imidazole rings is 1. The SMILES string of the molecule is CN1CCCN(C(=O)CCCn2cnc3c2c(=O)n(C)c(=O)n3C)c2nc3ccccc3nc21. The van der Waals surface area contributed by atoms with Crippen molar-refractivity contribution in [2.45, 2.75) is 25.8 Å². The first-order valence-electron chi connectivity index (χ1n) is 11.3. The number of para-hydroxylation sites is 2. The van der Waals surface area contributed by atoms with Crippen molar-refractivity contribution in [2.24, 2.45) is 14.1 Å². The number of nitrogens with zero attached hydrogens (tertiary/aromatic N) is 8. The fourth-order valence-corrected chi connectivity index (χ4v) is 4.44. The number of amides is 1. The first-order valence-corrected chi connectivity index (χ1v) is 11.3. The van der Waals surface area contributed by atoms with E-state index in [0.717, 1.165) is 28.6 Å². The smallest absolute Gasteiger partial charge is 0.332 e. The van der Waals surface area contributed by atoms with Gasteiger partial charge in [0.25, 0.3) is 5.56 Å². The number of aromatic nitrogens is 6. The third-order valence-electron chi connectivity index (χ3n) is 6.33. The predicted octanol–water partition coefficient (Wildman–Crippen LogP) is 1.03.